The second-order valence-electron chi connectivity index (χ2n) is 7.22. The van der Waals surface area contributed by atoms with Gasteiger partial charge >= 0.3 is 0 Å². The Balaban J connectivity index is 1.67. The van der Waals surface area contributed by atoms with Crippen LogP contribution in [0, 0.1) is 5.92 Å². The number of anilines is 1. The maximum Gasteiger partial charge on any atom is 0.256 e. The molecule has 0 unspecified atom stereocenters. The summed E-state index contributed by atoms with van der Waals surface area (Å²) in [6, 6.07) is 28.4. The fraction of sp³-hybridized carbons (Fsp3) is 0.160. The Labute approximate surface area is 170 Å². The van der Waals surface area contributed by atoms with E-state index in [1.54, 1.807) is 0 Å². The standard InChI is InChI=1S/C25H22N2O2/c1-18-24(25(29)27(26-18)21-15-9-4-10-16-21)22(19-11-5-2-6-12-19)17-23(28)20-13-7-3-8-14-20/h2-16,22,24H,17H2,1H3/t22-,24+/m1/s1. The molecule has 1 heterocycles. The summed E-state index contributed by atoms with van der Waals surface area (Å²) >= 11 is 0. The molecular formula is C25H22N2O2. The lowest BCUT2D eigenvalue weighted by Crippen LogP contribution is -2.32. The third kappa shape index (κ3) is 3.87. The maximum atomic E-state index is 13.3. The van der Waals surface area contributed by atoms with Crippen LogP contribution in [-0.2, 0) is 4.79 Å². The highest BCUT2D eigenvalue weighted by Crippen LogP contribution is 2.36. The molecule has 3 aromatic carbocycles. The molecule has 0 saturated carbocycles. The van der Waals surface area contributed by atoms with E-state index in [0.29, 0.717) is 5.56 Å². The summed E-state index contributed by atoms with van der Waals surface area (Å²) in [7, 11) is 0. The molecule has 0 aromatic heterocycles. The molecule has 29 heavy (non-hydrogen) atoms. The van der Waals surface area contributed by atoms with Crippen LogP contribution in [0.4, 0.5) is 5.69 Å². The van der Waals surface area contributed by atoms with Gasteiger partial charge in [0.1, 0.15) is 0 Å². The second-order valence-corrected chi connectivity index (χ2v) is 7.22. The maximum absolute atomic E-state index is 13.3. The predicted molar refractivity (Wildman–Crippen MR) is 115 cm³/mol. The molecule has 2 atom stereocenters. The highest BCUT2D eigenvalue weighted by atomic mass is 16.2. The van der Waals surface area contributed by atoms with E-state index in [0.717, 1.165) is 17.0 Å². The number of nitrogens with zero attached hydrogens (tertiary/aromatic N) is 2. The number of benzene rings is 3. The lowest BCUT2D eigenvalue weighted by atomic mass is 9.79. The lowest BCUT2D eigenvalue weighted by Gasteiger charge is -2.23. The van der Waals surface area contributed by atoms with Crippen molar-refractivity contribution in [2.75, 3.05) is 5.01 Å². The van der Waals surface area contributed by atoms with Crippen LogP contribution < -0.4 is 5.01 Å². The van der Waals surface area contributed by atoms with Crippen molar-refractivity contribution in [1.29, 1.82) is 0 Å². The lowest BCUT2D eigenvalue weighted by molar-refractivity contribution is -0.120. The Kier molecular flexibility index (Phi) is 5.34. The molecule has 1 aliphatic rings. The Hall–Kier alpha value is -3.53. The number of hydrogen-bond acceptors (Lipinski definition) is 3. The van der Waals surface area contributed by atoms with Gasteiger partial charge in [0.15, 0.2) is 5.78 Å². The molecule has 1 aliphatic heterocycles. The van der Waals surface area contributed by atoms with Crippen molar-refractivity contribution < 1.29 is 9.59 Å². The van der Waals surface area contributed by atoms with E-state index in [1.807, 2.05) is 97.9 Å². The van der Waals surface area contributed by atoms with Crippen LogP contribution in [0.2, 0.25) is 0 Å². The predicted octanol–water partition coefficient (Wildman–Crippen LogP) is 5.08. The summed E-state index contributed by atoms with van der Waals surface area (Å²) in [6.07, 6.45) is 0.250. The Morgan fingerprint density at radius 3 is 2.07 bits per heavy atom. The van der Waals surface area contributed by atoms with E-state index in [-0.39, 0.29) is 24.0 Å². The zero-order valence-electron chi connectivity index (χ0n) is 16.2. The molecule has 0 N–H and O–H groups in total. The Bertz CT molecular complexity index is 1030. The van der Waals surface area contributed by atoms with E-state index in [9.17, 15) is 9.59 Å². The number of para-hydroxylation sites is 1. The Morgan fingerprint density at radius 2 is 1.45 bits per heavy atom. The van der Waals surface area contributed by atoms with E-state index in [1.165, 1.54) is 5.01 Å². The SMILES string of the molecule is CC1=NN(c2ccccc2)C(=O)[C@@H]1[C@H](CC(=O)c1ccccc1)c1ccccc1. The molecule has 0 spiro atoms. The van der Waals surface area contributed by atoms with Crippen molar-refractivity contribution in [3.8, 4) is 0 Å². The minimum absolute atomic E-state index is 0.0261. The summed E-state index contributed by atoms with van der Waals surface area (Å²) in [5.74, 6) is -0.805. The van der Waals surface area contributed by atoms with Gasteiger partial charge in [0, 0.05) is 23.6 Å². The summed E-state index contributed by atoms with van der Waals surface area (Å²) in [5.41, 5.74) is 3.10. The van der Waals surface area contributed by atoms with Gasteiger partial charge in [-0.15, -0.1) is 0 Å². The number of rotatable bonds is 6. The zero-order valence-corrected chi connectivity index (χ0v) is 16.2. The van der Waals surface area contributed by atoms with Gasteiger partial charge in [0.05, 0.1) is 11.6 Å². The van der Waals surface area contributed by atoms with E-state index < -0.39 is 5.92 Å². The van der Waals surface area contributed by atoms with Crippen LogP contribution in [-0.4, -0.2) is 17.4 Å². The molecule has 0 aliphatic carbocycles. The van der Waals surface area contributed by atoms with Crippen LogP contribution in [0.15, 0.2) is 96.1 Å². The van der Waals surface area contributed by atoms with Gasteiger partial charge < -0.3 is 0 Å². The van der Waals surface area contributed by atoms with E-state index in [2.05, 4.69) is 5.10 Å². The Morgan fingerprint density at radius 1 is 0.897 bits per heavy atom. The fourth-order valence-electron chi connectivity index (χ4n) is 3.87. The number of amides is 1. The molecule has 1 amide bonds. The van der Waals surface area contributed by atoms with Crippen LogP contribution in [0.25, 0.3) is 0 Å². The topological polar surface area (TPSA) is 49.7 Å². The van der Waals surface area contributed by atoms with Crippen LogP contribution in [0.3, 0.4) is 0 Å². The van der Waals surface area contributed by atoms with Crippen LogP contribution in [0.1, 0.15) is 35.2 Å². The molecule has 4 nitrogen and oxygen atoms in total. The van der Waals surface area contributed by atoms with Crippen molar-refractivity contribution >= 4 is 23.1 Å². The molecule has 0 radical (unpaired) electrons. The minimum atomic E-state index is -0.467. The van der Waals surface area contributed by atoms with Crippen molar-refractivity contribution in [2.45, 2.75) is 19.3 Å². The first-order valence-electron chi connectivity index (χ1n) is 9.72. The molecular weight excluding hydrogens is 360 g/mol. The van der Waals surface area contributed by atoms with Crippen molar-refractivity contribution in [1.82, 2.24) is 0 Å². The number of carbonyl (C=O) groups is 2. The van der Waals surface area contributed by atoms with Crippen molar-refractivity contribution in [3.05, 3.63) is 102 Å². The summed E-state index contributed by atoms with van der Waals surface area (Å²) in [4.78, 5) is 26.3. The monoisotopic (exact) mass is 382 g/mol. The van der Waals surface area contributed by atoms with Crippen molar-refractivity contribution in [2.24, 2.45) is 11.0 Å². The molecule has 4 rings (SSSR count). The molecule has 144 valence electrons. The summed E-state index contributed by atoms with van der Waals surface area (Å²) in [5, 5.41) is 6.00. The first-order valence-corrected chi connectivity index (χ1v) is 9.72. The van der Waals surface area contributed by atoms with Gasteiger partial charge in [-0.1, -0.05) is 78.9 Å². The number of Topliss-reactive ketones (excluding diaryl/α,β-unsaturated/α-hetero) is 1. The van der Waals surface area contributed by atoms with Crippen LogP contribution >= 0.6 is 0 Å². The van der Waals surface area contributed by atoms with Crippen LogP contribution in [0.5, 0.6) is 0 Å². The fourth-order valence-corrected chi connectivity index (χ4v) is 3.87. The first-order chi connectivity index (χ1) is 14.1. The average molecular weight is 382 g/mol. The first kappa shape index (κ1) is 18.8. The summed E-state index contributed by atoms with van der Waals surface area (Å²) in [6.45, 7) is 1.87. The number of hydrazone groups is 1. The minimum Gasteiger partial charge on any atom is -0.294 e. The highest BCUT2D eigenvalue weighted by Gasteiger charge is 2.41. The van der Waals surface area contributed by atoms with E-state index >= 15 is 0 Å². The molecule has 0 fully saturated rings. The van der Waals surface area contributed by atoms with Gasteiger partial charge in [-0.2, -0.15) is 5.10 Å². The number of ketones is 1. The van der Waals surface area contributed by atoms with Gasteiger partial charge in [-0.25, -0.2) is 5.01 Å². The quantitative estimate of drug-likeness (QED) is 0.558. The van der Waals surface area contributed by atoms with E-state index in [4.69, 9.17) is 0 Å². The molecule has 3 aromatic rings. The molecule has 0 bridgehead atoms. The third-order valence-corrected chi connectivity index (χ3v) is 5.31. The van der Waals surface area contributed by atoms with Gasteiger partial charge in [0.25, 0.3) is 5.91 Å². The average Bonchev–Trinajstić information content (AvgIpc) is 3.07. The van der Waals surface area contributed by atoms with Crippen molar-refractivity contribution in [3.63, 3.8) is 0 Å². The summed E-state index contributed by atoms with van der Waals surface area (Å²) < 4.78 is 0. The number of carbonyl (C=O) groups excluding carboxylic acids is 2. The third-order valence-electron chi connectivity index (χ3n) is 5.31. The molecule has 4 heteroatoms. The largest absolute Gasteiger partial charge is 0.294 e. The zero-order chi connectivity index (χ0) is 20.2. The van der Waals surface area contributed by atoms with Gasteiger partial charge in [0.2, 0.25) is 0 Å². The van der Waals surface area contributed by atoms with Gasteiger partial charge in [-0.05, 0) is 24.6 Å². The normalized spacial score (nSPS) is 17.1. The number of hydrogen-bond donors (Lipinski definition) is 0. The second kappa shape index (κ2) is 8.23. The highest BCUT2D eigenvalue weighted by molar-refractivity contribution is 6.16. The smallest absolute Gasteiger partial charge is 0.256 e. The van der Waals surface area contributed by atoms with Gasteiger partial charge in [-0.3, -0.25) is 9.59 Å². The molecule has 0 saturated heterocycles.